The highest BCUT2D eigenvalue weighted by molar-refractivity contribution is 7.76. The van der Waals surface area contributed by atoms with Gasteiger partial charge in [-0.2, -0.15) is 0 Å². The summed E-state index contributed by atoms with van der Waals surface area (Å²) in [7, 11) is 0. The predicted octanol–water partition coefficient (Wildman–Crippen LogP) is 1.11. The van der Waals surface area contributed by atoms with Gasteiger partial charge in [0.1, 0.15) is 0 Å². The lowest BCUT2D eigenvalue weighted by atomic mass is 9.85. The van der Waals surface area contributed by atoms with Gasteiger partial charge in [0.05, 0.1) is 5.60 Å². The van der Waals surface area contributed by atoms with Gasteiger partial charge in [-0.1, -0.05) is 30.3 Å². The minimum atomic E-state index is -1.92. The zero-order chi connectivity index (χ0) is 11.6. The molecule has 88 valence electrons. The fourth-order valence-electron chi connectivity index (χ4n) is 2.05. The molecule has 1 saturated heterocycles. The van der Waals surface area contributed by atoms with Gasteiger partial charge in [0, 0.05) is 13.1 Å². The van der Waals surface area contributed by atoms with Gasteiger partial charge < -0.3 is 5.11 Å². The van der Waals surface area contributed by atoms with E-state index in [-0.39, 0.29) is 0 Å². The third kappa shape index (κ3) is 2.32. The first kappa shape index (κ1) is 11.7. The van der Waals surface area contributed by atoms with Crippen LogP contribution in [0.15, 0.2) is 30.3 Å². The molecule has 0 spiro atoms. The molecule has 0 radical (unpaired) electrons. The zero-order valence-electron chi connectivity index (χ0n) is 8.87. The third-order valence-corrected chi connectivity index (χ3v) is 3.89. The number of benzene rings is 1. The quantitative estimate of drug-likeness (QED) is 0.762. The Balaban J connectivity index is 2.10. The molecule has 2 N–H and O–H groups in total. The molecule has 1 aliphatic rings. The topological polar surface area (TPSA) is 60.8 Å². The molecule has 0 aromatic heterocycles. The lowest BCUT2D eigenvalue weighted by Crippen LogP contribution is -2.43. The van der Waals surface area contributed by atoms with Crippen LogP contribution in [0.2, 0.25) is 0 Å². The van der Waals surface area contributed by atoms with Crippen LogP contribution in [0.1, 0.15) is 18.4 Å². The lowest BCUT2D eigenvalue weighted by molar-refractivity contribution is -0.00979. The van der Waals surface area contributed by atoms with Gasteiger partial charge in [-0.3, -0.25) is 4.55 Å². The molecule has 1 aromatic rings. The number of nitrogens with zero attached hydrogens (tertiary/aromatic N) is 1. The smallest absolute Gasteiger partial charge is 0.234 e. The maximum atomic E-state index is 10.9. The first-order chi connectivity index (χ1) is 7.62. The molecule has 16 heavy (non-hydrogen) atoms. The van der Waals surface area contributed by atoms with Crippen LogP contribution in [0.4, 0.5) is 0 Å². The molecular weight excluding hydrogens is 226 g/mol. The third-order valence-electron chi connectivity index (χ3n) is 3.08. The molecular formula is C11H15NO3S. The van der Waals surface area contributed by atoms with Gasteiger partial charge >= 0.3 is 0 Å². The van der Waals surface area contributed by atoms with E-state index in [1.165, 1.54) is 4.31 Å². The van der Waals surface area contributed by atoms with Crippen molar-refractivity contribution in [2.45, 2.75) is 18.4 Å². The minimum absolute atomic E-state index is 0.439. The van der Waals surface area contributed by atoms with E-state index in [9.17, 15) is 9.32 Å². The highest BCUT2D eigenvalue weighted by atomic mass is 32.2. The second kappa shape index (κ2) is 4.63. The summed E-state index contributed by atoms with van der Waals surface area (Å²) in [5.74, 6) is 0. The fraction of sp³-hybridized carbons (Fsp3) is 0.455. The molecule has 1 atom stereocenters. The van der Waals surface area contributed by atoms with E-state index in [2.05, 4.69) is 0 Å². The second-order valence-corrected chi connectivity index (χ2v) is 5.04. The van der Waals surface area contributed by atoms with Crippen LogP contribution in [0.3, 0.4) is 0 Å². The summed E-state index contributed by atoms with van der Waals surface area (Å²) in [5.41, 5.74) is 0.0373. The number of aliphatic hydroxyl groups is 1. The largest absolute Gasteiger partial charge is 0.385 e. The molecule has 1 unspecified atom stereocenters. The minimum Gasteiger partial charge on any atom is -0.385 e. The lowest BCUT2D eigenvalue weighted by Gasteiger charge is -2.36. The monoisotopic (exact) mass is 241 g/mol. The van der Waals surface area contributed by atoms with Gasteiger partial charge in [-0.15, -0.1) is 0 Å². The van der Waals surface area contributed by atoms with Gasteiger partial charge in [0.25, 0.3) is 0 Å². The van der Waals surface area contributed by atoms with Gasteiger partial charge in [-0.05, 0) is 18.4 Å². The van der Waals surface area contributed by atoms with Crippen LogP contribution in [0, 0.1) is 0 Å². The number of hydrogen-bond donors (Lipinski definition) is 2. The summed E-state index contributed by atoms with van der Waals surface area (Å²) in [6.45, 7) is 0.878. The molecule has 1 aromatic carbocycles. The van der Waals surface area contributed by atoms with Crippen LogP contribution in [0.5, 0.6) is 0 Å². The highest BCUT2D eigenvalue weighted by Gasteiger charge is 2.35. The van der Waals surface area contributed by atoms with Crippen LogP contribution < -0.4 is 0 Å². The summed E-state index contributed by atoms with van der Waals surface area (Å²) in [6.07, 6.45) is 0.979. The van der Waals surface area contributed by atoms with E-state index in [1.807, 2.05) is 30.3 Å². The van der Waals surface area contributed by atoms with Gasteiger partial charge in [0.15, 0.2) is 0 Å². The van der Waals surface area contributed by atoms with E-state index in [1.54, 1.807) is 0 Å². The van der Waals surface area contributed by atoms with Gasteiger partial charge in [0.2, 0.25) is 11.3 Å². The Hall–Kier alpha value is -0.750. The molecule has 0 aliphatic carbocycles. The van der Waals surface area contributed by atoms with Crippen molar-refractivity contribution in [1.82, 2.24) is 4.31 Å². The number of piperidine rings is 1. The van der Waals surface area contributed by atoms with Crippen LogP contribution in [0.25, 0.3) is 0 Å². The molecule has 1 heterocycles. The molecule has 4 nitrogen and oxygen atoms in total. The summed E-state index contributed by atoms with van der Waals surface area (Å²) in [5, 5.41) is 10.4. The van der Waals surface area contributed by atoms with Crippen LogP contribution in [-0.4, -0.2) is 31.3 Å². The standard InChI is InChI=1S/C11H15NO3S/c13-11(10-4-2-1-3-5-10)6-8-12(9-7-11)16(14)15/h1-5,13H,6-9H2,(H,14,15). The SMILES string of the molecule is O=S(O)N1CCC(O)(c2ccccc2)CC1. The van der Waals surface area contributed by atoms with Crippen molar-refractivity contribution in [3.63, 3.8) is 0 Å². The van der Waals surface area contributed by atoms with Crippen molar-refractivity contribution in [3.8, 4) is 0 Å². The molecule has 0 amide bonds. The molecule has 0 saturated carbocycles. The molecule has 0 bridgehead atoms. The van der Waals surface area contributed by atoms with Crippen molar-refractivity contribution in [1.29, 1.82) is 0 Å². The van der Waals surface area contributed by atoms with E-state index < -0.39 is 16.9 Å². The van der Waals surface area contributed by atoms with E-state index >= 15 is 0 Å². The Morgan fingerprint density at radius 1 is 1.19 bits per heavy atom. The Morgan fingerprint density at radius 3 is 2.25 bits per heavy atom. The average Bonchev–Trinajstić information content (AvgIpc) is 2.31. The molecule has 5 heteroatoms. The first-order valence-electron chi connectivity index (χ1n) is 5.26. The number of rotatable bonds is 2. The molecule has 1 fully saturated rings. The molecule has 1 aliphatic heterocycles. The first-order valence-corrected chi connectivity index (χ1v) is 6.32. The predicted molar refractivity (Wildman–Crippen MR) is 61.9 cm³/mol. The summed E-state index contributed by atoms with van der Waals surface area (Å²) < 4.78 is 21.2. The zero-order valence-corrected chi connectivity index (χ0v) is 9.69. The Kier molecular flexibility index (Phi) is 3.39. The Bertz CT molecular complexity index is 374. The van der Waals surface area contributed by atoms with E-state index in [0.717, 1.165) is 5.56 Å². The average molecular weight is 241 g/mol. The van der Waals surface area contributed by atoms with Gasteiger partial charge in [-0.25, -0.2) is 8.51 Å². The normalized spacial score (nSPS) is 22.9. The van der Waals surface area contributed by atoms with Crippen molar-refractivity contribution in [2.75, 3.05) is 13.1 Å². The van der Waals surface area contributed by atoms with Crippen molar-refractivity contribution < 1.29 is 13.9 Å². The summed E-state index contributed by atoms with van der Waals surface area (Å²) in [4.78, 5) is 0. The summed E-state index contributed by atoms with van der Waals surface area (Å²) in [6, 6.07) is 9.48. The fourth-order valence-corrected chi connectivity index (χ4v) is 2.54. The Morgan fingerprint density at radius 2 is 1.75 bits per heavy atom. The summed E-state index contributed by atoms with van der Waals surface area (Å²) >= 11 is -1.92. The maximum absolute atomic E-state index is 10.9. The second-order valence-electron chi connectivity index (χ2n) is 4.06. The Labute approximate surface area is 97.3 Å². The van der Waals surface area contributed by atoms with E-state index in [0.29, 0.717) is 25.9 Å². The van der Waals surface area contributed by atoms with Crippen molar-refractivity contribution in [3.05, 3.63) is 35.9 Å². The van der Waals surface area contributed by atoms with Crippen LogP contribution >= 0.6 is 0 Å². The molecule has 2 rings (SSSR count). The van der Waals surface area contributed by atoms with Crippen molar-refractivity contribution >= 4 is 11.3 Å². The van der Waals surface area contributed by atoms with Crippen LogP contribution in [-0.2, 0) is 16.9 Å². The maximum Gasteiger partial charge on any atom is 0.234 e. The van der Waals surface area contributed by atoms with Crippen molar-refractivity contribution in [2.24, 2.45) is 0 Å². The van der Waals surface area contributed by atoms with E-state index in [4.69, 9.17) is 4.55 Å². The highest BCUT2D eigenvalue weighted by Crippen LogP contribution is 2.32. The number of hydrogen-bond acceptors (Lipinski definition) is 2.